The maximum absolute atomic E-state index is 13.8. The summed E-state index contributed by atoms with van der Waals surface area (Å²) in [4.78, 5) is 53.4. The fourth-order valence-electron chi connectivity index (χ4n) is 6.89. The van der Waals surface area contributed by atoms with E-state index in [0.29, 0.717) is 28.4 Å². The highest BCUT2D eigenvalue weighted by Crippen LogP contribution is 2.53. The van der Waals surface area contributed by atoms with Crippen LogP contribution in [0, 0.1) is 17.8 Å². The molecule has 0 aromatic heterocycles. The zero-order chi connectivity index (χ0) is 31.7. The number of aliphatic hydroxyl groups excluding tert-OH is 2. The number of rotatable bonds is 5. The SMILES string of the molecule is CN(C)c1cc(CNC(=O)Nc2ccc3c(c2)OCO3)c(O)c2c1C[C@H]1C[C@H]3CC(O)C(C(N)=O)C(=O)[C@@]3(O)C(=O)C1=C2O. The molecule has 0 spiro atoms. The number of carbonyl (C=O) groups excluding carboxylic acids is 4. The number of urea groups is 1. The van der Waals surface area contributed by atoms with Crippen molar-refractivity contribution in [2.75, 3.05) is 31.1 Å². The number of primary amides is 1. The van der Waals surface area contributed by atoms with Crippen molar-refractivity contribution in [1.29, 1.82) is 0 Å². The molecule has 5 atom stereocenters. The van der Waals surface area contributed by atoms with Crippen LogP contribution in [-0.4, -0.2) is 76.5 Å². The first-order chi connectivity index (χ1) is 20.8. The molecule has 0 bridgehead atoms. The number of fused-ring (bicyclic) bond motifs is 4. The van der Waals surface area contributed by atoms with E-state index in [1.807, 2.05) is 0 Å². The number of nitrogens with two attached hydrogens (primary N) is 1. The van der Waals surface area contributed by atoms with Gasteiger partial charge >= 0.3 is 6.03 Å². The number of carbonyl (C=O) groups is 4. The molecule has 0 saturated heterocycles. The summed E-state index contributed by atoms with van der Waals surface area (Å²) in [6, 6.07) is 5.97. The highest BCUT2D eigenvalue weighted by molar-refractivity contribution is 6.24. The lowest BCUT2D eigenvalue weighted by atomic mass is 9.56. The number of phenols is 1. The summed E-state index contributed by atoms with van der Waals surface area (Å²) in [5.74, 6) is -6.81. The number of nitrogens with zero attached hydrogens (tertiary/aromatic N) is 1. The zero-order valence-corrected chi connectivity index (χ0v) is 23.9. The number of nitrogens with one attached hydrogen (secondary N) is 2. The van der Waals surface area contributed by atoms with Crippen LogP contribution in [0.4, 0.5) is 16.2 Å². The summed E-state index contributed by atoms with van der Waals surface area (Å²) >= 11 is 0. The number of ketones is 2. The van der Waals surface area contributed by atoms with Gasteiger partial charge in [0.05, 0.1) is 11.7 Å². The van der Waals surface area contributed by atoms with Gasteiger partial charge in [-0.05, 0) is 48.9 Å². The average Bonchev–Trinajstić information content (AvgIpc) is 3.42. The monoisotopic (exact) mass is 608 g/mol. The third kappa shape index (κ3) is 4.40. The van der Waals surface area contributed by atoms with Crippen LogP contribution in [0.5, 0.6) is 17.2 Å². The average molecular weight is 609 g/mol. The van der Waals surface area contributed by atoms with Crippen LogP contribution in [0.1, 0.15) is 29.5 Å². The van der Waals surface area contributed by atoms with Gasteiger partial charge in [0.1, 0.15) is 17.4 Å². The number of hydrogen-bond donors (Lipinski definition) is 7. The molecule has 3 amide bonds. The van der Waals surface area contributed by atoms with Gasteiger partial charge in [-0.3, -0.25) is 14.4 Å². The van der Waals surface area contributed by atoms with Crippen molar-refractivity contribution in [1.82, 2.24) is 5.32 Å². The van der Waals surface area contributed by atoms with E-state index in [4.69, 9.17) is 15.2 Å². The number of benzene rings is 2. The van der Waals surface area contributed by atoms with Crippen molar-refractivity contribution in [3.05, 3.63) is 46.5 Å². The van der Waals surface area contributed by atoms with Crippen LogP contribution in [0.2, 0.25) is 0 Å². The van der Waals surface area contributed by atoms with Crippen molar-refractivity contribution in [2.45, 2.75) is 37.5 Å². The minimum absolute atomic E-state index is 0.0550. The number of ether oxygens (including phenoxy) is 2. The summed E-state index contributed by atoms with van der Waals surface area (Å²) in [6.07, 6.45) is -1.42. The molecule has 1 heterocycles. The topological polar surface area (TPSA) is 221 Å². The summed E-state index contributed by atoms with van der Waals surface area (Å²) in [7, 11) is 3.52. The van der Waals surface area contributed by atoms with Crippen LogP contribution in [0.3, 0.4) is 0 Å². The largest absolute Gasteiger partial charge is 0.507 e. The van der Waals surface area contributed by atoms with E-state index < -0.39 is 58.7 Å². The maximum atomic E-state index is 13.8. The molecule has 2 fully saturated rings. The van der Waals surface area contributed by atoms with Gasteiger partial charge in [-0.15, -0.1) is 0 Å². The molecule has 232 valence electrons. The van der Waals surface area contributed by atoms with E-state index in [1.54, 1.807) is 43.3 Å². The van der Waals surface area contributed by atoms with E-state index in [9.17, 15) is 39.6 Å². The molecule has 6 rings (SSSR count). The summed E-state index contributed by atoms with van der Waals surface area (Å²) < 4.78 is 10.6. The summed E-state index contributed by atoms with van der Waals surface area (Å²) in [5.41, 5.74) is 4.16. The highest BCUT2D eigenvalue weighted by atomic mass is 16.7. The smallest absolute Gasteiger partial charge is 0.319 e. The van der Waals surface area contributed by atoms with Crippen molar-refractivity contribution in [3.63, 3.8) is 0 Å². The number of aliphatic hydroxyl groups is 3. The second-order valence-electron chi connectivity index (χ2n) is 11.8. The number of anilines is 2. The quantitative estimate of drug-likeness (QED) is 0.234. The van der Waals surface area contributed by atoms with Gasteiger partial charge in [0.25, 0.3) is 0 Å². The first-order valence-corrected chi connectivity index (χ1v) is 14.0. The van der Waals surface area contributed by atoms with E-state index in [0.717, 1.165) is 0 Å². The third-order valence-electron chi connectivity index (χ3n) is 8.99. The fraction of sp³-hybridized carbons (Fsp3) is 0.400. The van der Waals surface area contributed by atoms with Crippen molar-refractivity contribution >= 4 is 40.6 Å². The first kappa shape index (κ1) is 29.3. The number of Topliss-reactive ketones (excluding diaryl/α,β-unsaturated/α-hetero) is 2. The Hall–Kier alpha value is -4.82. The van der Waals surface area contributed by atoms with Crippen LogP contribution >= 0.6 is 0 Å². The Morgan fingerprint density at radius 3 is 2.55 bits per heavy atom. The van der Waals surface area contributed by atoms with Crippen molar-refractivity contribution < 1.29 is 49.1 Å². The number of hydrogen-bond acceptors (Lipinski definition) is 11. The highest BCUT2D eigenvalue weighted by Gasteiger charge is 2.64. The molecular weight excluding hydrogens is 576 g/mol. The molecule has 44 heavy (non-hydrogen) atoms. The molecule has 2 unspecified atom stereocenters. The van der Waals surface area contributed by atoms with E-state index >= 15 is 0 Å². The Labute approximate surface area is 251 Å². The second-order valence-corrected chi connectivity index (χ2v) is 11.8. The summed E-state index contributed by atoms with van der Waals surface area (Å²) in [6.45, 7) is -0.0850. The van der Waals surface area contributed by atoms with Crippen molar-refractivity contribution in [2.24, 2.45) is 23.5 Å². The maximum Gasteiger partial charge on any atom is 0.319 e. The van der Waals surface area contributed by atoms with Crippen LogP contribution in [-0.2, 0) is 27.3 Å². The lowest BCUT2D eigenvalue weighted by Gasteiger charge is -2.48. The molecule has 2 saturated carbocycles. The molecule has 4 aliphatic rings. The Morgan fingerprint density at radius 2 is 1.84 bits per heavy atom. The fourth-order valence-corrected chi connectivity index (χ4v) is 6.89. The summed E-state index contributed by atoms with van der Waals surface area (Å²) in [5, 5.41) is 50.1. The predicted molar refractivity (Wildman–Crippen MR) is 154 cm³/mol. The number of phenolic OH excluding ortho intramolecular Hbond substituents is 1. The van der Waals surface area contributed by atoms with E-state index in [1.165, 1.54) is 0 Å². The molecule has 0 radical (unpaired) electrons. The number of aromatic hydroxyl groups is 1. The third-order valence-corrected chi connectivity index (χ3v) is 8.99. The lowest BCUT2D eigenvalue weighted by molar-refractivity contribution is -0.174. The molecule has 14 heteroatoms. The molecule has 3 aliphatic carbocycles. The van der Waals surface area contributed by atoms with Gasteiger partial charge in [-0.1, -0.05) is 0 Å². The Kier molecular flexibility index (Phi) is 6.93. The molecule has 8 N–H and O–H groups in total. The standard InChI is InChI=1S/C30H32N4O10/c1-34(2)17-7-13(10-32-29(41)33-15-3-4-19-20(9-15)44-11-43-19)24(36)22-16(17)6-12-5-14-8-18(35)23(28(31)40)27(39)30(14,42)26(38)21(12)25(22)37/h3-4,7,9,12,14,18,23,35-37,42H,5-6,8,10-11H2,1-2H3,(H2,31,40)(H2,32,33,41)/t12-,14+,18?,23?,30+/m1/s1. The van der Waals surface area contributed by atoms with Gasteiger partial charge in [0.2, 0.25) is 18.5 Å². The molecule has 14 nitrogen and oxygen atoms in total. The van der Waals surface area contributed by atoms with Gasteiger partial charge < -0.3 is 51.2 Å². The molecule has 1 aliphatic heterocycles. The van der Waals surface area contributed by atoms with Gasteiger partial charge in [0.15, 0.2) is 22.9 Å². The zero-order valence-electron chi connectivity index (χ0n) is 23.9. The minimum atomic E-state index is -2.66. The van der Waals surface area contributed by atoms with Gasteiger partial charge in [0, 0.05) is 55.1 Å². The first-order valence-electron chi connectivity index (χ1n) is 14.0. The Balaban J connectivity index is 1.32. The minimum Gasteiger partial charge on any atom is -0.507 e. The van der Waals surface area contributed by atoms with Crippen LogP contribution in [0.15, 0.2) is 29.8 Å². The second kappa shape index (κ2) is 10.4. The Morgan fingerprint density at radius 1 is 1.11 bits per heavy atom. The van der Waals surface area contributed by atoms with E-state index in [-0.39, 0.29) is 55.0 Å². The Bertz CT molecular complexity index is 1650. The molecular formula is C30H32N4O10. The predicted octanol–water partition coefficient (Wildman–Crippen LogP) is 0.705. The van der Waals surface area contributed by atoms with Crippen LogP contribution < -0.4 is 30.7 Å². The van der Waals surface area contributed by atoms with Gasteiger partial charge in [-0.2, -0.15) is 0 Å². The van der Waals surface area contributed by atoms with Crippen LogP contribution in [0.25, 0.3) is 5.76 Å². The van der Waals surface area contributed by atoms with E-state index in [2.05, 4.69) is 10.6 Å². The lowest BCUT2D eigenvalue weighted by Crippen LogP contribution is -2.66. The molecule has 2 aromatic carbocycles. The van der Waals surface area contributed by atoms with Crippen molar-refractivity contribution in [3.8, 4) is 17.2 Å². The molecule has 2 aromatic rings. The number of amides is 3. The normalized spacial score (nSPS) is 26.8. The van der Waals surface area contributed by atoms with Gasteiger partial charge in [-0.25, -0.2) is 4.79 Å².